The smallest absolute Gasteiger partial charge is 0.242 e. The number of benzene rings is 3. The van der Waals surface area contributed by atoms with Gasteiger partial charge in [-0.25, -0.2) is 8.42 Å². The molecule has 0 aliphatic carbocycles. The molecule has 0 unspecified atom stereocenters. The number of nitrogens with zero attached hydrogens (tertiary/aromatic N) is 2. The summed E-state index contributed by atoms with van der Waals surface area (Å²) in [4.78, 5) is 28.3. The van der Waals surface area contributed by atoms with Crippen molar-refractivity contribution in [1.29, 1.82) is 0 Å². The van der Waals surface area contributed by atoms with Crippen molar-refractivity contribution in [2.75, 3.05) is 31.3 Å². The number of hydrogen-bond acceptors (Lipinski definition) is 5. The Morgan fingerprint density at radius 1 is 1.00 bits per heavy atom. The third-order valence-corrected chi connectivity index (χ3v) is 8.15. The summed E-state index contributed by atoms with van der Waals surface area (Å²) < 4.78 is 31.9. The van der Waals surface area contributed by atoms with Crippen LogP contribution in [0.15, 0.2) is 72.8 Å². The van der Waals surface area contributed by atoms with E-state index in [9.17, 15) is 18.0 Å². The van der Waals surface area contributed by atoms with Crippen molar-refractivity contribution in [3.63, 3.8) is 0 Å². The quantitative estimate of drug-likeness (QED) is 0.298. The molecule has 0 heterocycles. The SMILES string of the molecule is CNC(=O)[C@H](Cc1ccccc1)N(Cc1ccc(Cl)cc1Cl)C(=O)CCCN(c1ccccc1OC)S(C)(=O)=O. The zero-order valence-corrected chi connectivity index (χ0v) is 25.0. The second-order valence-electron chi connectivity index (χ2n) is 9.19. The minimum absolute atomic E-state index is 0.00530. The number of rotatable bonds is 13. The molecule has 0 spiro atoms. The predicted octanol–water partition coefficient (Wildman–Crippen LogP) is 4.93. The summed E-state index contributed by atoms with van der Waals surface area (Å²) in [7, 11) is -0.677. The lowest BCUT2D eigenvalue weighted by Gasteiger charge is -2.32. The third kappa shape index (κ3) is 8.36. The Bertz CT molecular complexity index is 1420. The van der Waals surface area contributed by atoms with E-state index in [0.29, 0.717) is 27.0 Å². The molecule has 1 N–H and O–H groups in total. The lowest BCUT2D eigenvalue weighted by atomic mass is 10.0. The van der Waals surface area contributed by atoms with Gasteiger partial charge >= 0.3 is 0 Å². The summed E-state index contributed by atoms with van der Waals surface area (Å²) in [5, 5.41) is 3.50. The molecule has 3 aromatic carbocycles. The Kier molecular flexibility index (Phi) is 11.2. The molecule has 2 amide bonds. The molecule has 3 rings (SSSR count). The van der Waals surface area contributed by atoms with Crippen LogP contribution in [0.2, 0.25) is 10.0 Å². The van der Waals surface area contributed by atoms with Crippen molar-refractivity contribution < 1.29 is 22.7 Å². The van der Waals surface area contributed by atoms with Gasteiger partial charge in [-0.1, -0.05) is 71.7 Å². The van der Waals surface area contributed by atoms with Gasteiger partial charge in [-0.2, -0.15) is 0 Å². The summed E-state index contributed by atoms with van der Waals surface area (Å²) in [6.07, 6.45) is 1.60. The highest BCUT2D eigenvalue weighted by Crippen LogP contribution is 2.30. The van der Waals surface area contributed by atoms with Gasteiger partial charge in [-0.15, -0.1) is 0 Å². The van der Waals surface area contributed by atoms with Gasteiger partial charge in [0.2, 0.25) is 21.8 Å². The first kappa shape index (κ1) is 31.3. The van der Waals surface area contributed by atoms with Crippen LogP contribution >= 0.6 is 23.2 Å². The summed E-state index contributed by atoms with van der Waals surface area (Å²) in [6.45, 7) is 0.117. The van der Waals surface area contributed by atoms with E-state index in [-0.39, 0.29) is 44.2 Å². The molecule has 40 heavy (non-hydrogen) atoms. The number of para-hydroxylation sites is 2. The third-order valence-electron chi connectivity index (χ3n) is 6.38. The molecule has 214 valence electrons. The summed E-state index contributed by atoms with van der Waals surface area (Å²) in [5.41, 5.74) is 1.90. The number of sulfonamides is 1. The van der Waals surface area contributed by atoms with E-state index in [4.69, 9.17) is 27.9 Å². The van der Waals surface area contributed by atoms with E-state index < -0.39 is 16.1 Å². The summed E-state index contributed by atoms with van der Waals surface area (Å²) in [6, 6.07) is 20.4. The van der Waals surface area contributed by atoms with Crippen LogP contribution in [0.25, 0.3) is 0 Å². The molecule has 0 aliphatic rings. The van der Waals surface area contributed by atoms with E-state index >= 15 is 0 Å². The Labute approximate surface area is 245 Å². The zero-order chi connectivity index (χ0) is 29.3. The van der Waals surface area contributed by atoms with Crippen LogP contribution in [-0.4, -0.2) is 58.1 Å². The van der Waals surface area contributed by atoms with Gasteiger partial charge in [-0.05, 0) is 41.8 Å². The second-order valence-corrected chi connectivity index (χ2v) is 11.9. The number of nitrogens with one attached hydrogen (secondary N) is 1. The first-order chi connectivity index (χ1) is 19.0. The van der Waals surface area contributed by atoms with Crippen molar-refractivity contribution >= 4 is 50.7 Å². The molecule has 1 atom stereocenters. The van der Waals surface area contributed by atoms with Crippen molar-refractivity contribution in [2.45, 2.75) is 31.8 Å². The molecule has 0 radical (unpaired) electrons. The fourth-order valence-corrected chi connectivity index (χ4v) is 5.81. The second kappa shape index (κ2) is 14.4. The molecule has 8 nitrogen and oxygen atoms in total. The molecule has 0 aliphatic heterocycles. The normalized spacial score (nSPS) is 11.9. The average molecular weight is 607 g/mol. The number of hydrogen-bond donors (Lipinski definition) is 1. The largest absolute Gasteiger partial charge is 0.495 e. The highest BCUT2D eigenvalue weighted by molar-refractivity contribution is 7.92. The average Bonchev–Trinajstić information content (AvgIpc) is 2.93. The molecule has 0 bridgehead atoms. The molecular weight excluding hydrogens is 573 g/mol. The molecule has 3 aromatic rings. The van der Waals surface area contributed by atoms with Gasteiger partial charge in [0.05, 0.1) is 19.1 Å². The molecule has 0 saturated carbocycles. The number of likely N-dealkylation sites (N-methyl/N-ethyl adjacent to an activating group) is 1. The Hall–Kier alpha value is -3.27. The monoisotopic (exact) mass is 605 g/mol. The zero-order valence-electron chi connectivity index (χ0n) is 22.6. The molecule has 11 heteroatoms. The first-order valence-electron chi connectivity index (χ1n) is 12.6. The number of halogens is 2. The Morgan fingerprint density at radius 2 is 1.68 bits per heavy atom. The maximum Gasteiger partial charge on any atom is 0.242 e. The predicted molar refractivity (Wildman–Crippen MR) is 159 cm³/mol. The highest BCUT2D eigenvalue weighted by Gasteiger charge is 2.30. The fraction of sp³-hybridized carbons (Fsp3) is 0.310. The maximum atomic E-state index is 13.8. The van der Waals surface area contributed by atoms with Crippen molar-refractivity contribution in [2.24, 2.45) is 0 Å². The van der Waals surface area contributed by atoms with Gasteiger partial charge in [0.1, 0.15) is 11.8 Å². The van der Waals surface area contributed by atoms with Gasteiger partial charge in [-0.3, -0.25) is 13.9 Å². The van der Waals surface area contributed by atoms with E-state index in [1.165, 1.54) is 23.4 Å². The summed E-state index contributed by atoms with van der Waals surface area (Å²) >= 11 is 12.5. The van der Waals surface area contributed by atoms with Gasteiger partial charge in [0.15, 0.2) is 0 Å². The topological polar surface area (TPSA) is 96.0 Å². The maximum absolute atomic E-state index is 13.8. The minimum atomic E-state index is -3.67. The first-order valence-corrected chi connectivity index (χ1v) is 15.2. The number of carbonyl (C=O) groups is 2. The van der Waals surface area contributed by atoms with Crippen LogP contribution in [0, 0.1) is 0 Å². The van der Waals surface area contributed by atoms with E-state index in [1.54, 1.807) is 42.5 Å². The molecule has 0 saturated heterocycles. The Balaban J connectivity index is 1.89. The molecule has 0 aromatic heterocycles. The number of ether oxygens (including phenoxy) is 1. The highest BCUT2D eigenvalue weighted by atomic mass is 35.5. The van der Waals surface area contributed by atoms with E-state index in [0.717, 1.165) is 11.8 Å². The van der Waals surface area contributed by atoms with Gasteiger partial charge < -0.3 is 15.0 Å². The van der Waals surface area contributed by atoms with Crippen molar-refractivity contribution in [3.05, 3.63) is 94.0 Å². The van der Waals surface area contributed by atoms with Crippen molar-refractivity contribution in [1.82, 2.24) is 10.2 Å². The van der Waals surface area contributed by atoms with Crippen LogP contribution < -0.4 is 14.4 Å². The van der Waals surface area contributed by atoms with Crippen LogP contribution in [0.4, 0.5) is 5.69 Å². The van der Waals surface area contributed by atoms with Crippen LogP contribution in [-0.2, 0) is 32.6 Å². The van der Waals surface area contributed by atoms with E-state index in [2.05, 4.69) is 5.32 Å². The molecular formula is C29H33Cl2N3O5S. The minimum Gasteiger partial charge on any atom is -0.495 e. The van der Waals surface area contributed by atoms with Gasteiger partial charge in [0.25, 0.3) is 0 Å². The van der Waals surface area contributed by atoms with Crippen LogP contribution in [0.3, 0.4) is 0 Å². The summed E-state index contributed by atoms with van der Waals surface area (Å²) in [5.74, 6) is -0.237. The number of methoxy groups -OCH3 is 1. The van der Waals surface area contributed by atoms with Crippen molar-refractivity contribution in [3.8, 4) is 5.75 Å². The number of carbonyl (C=O) groups excluding carboxylic acids is 2. The number of anilines is 1. The Morgan fingerprint density at radius 3 is 2.30 bits per heavy atom. The van der Waals surface area contributed by atoms with E-state index in [1.807, 2.05) is 30.3 Å². The lowest BCUT2D eigenvalue weighted by molar-refractivity contribution is -0.141. The fourth-order valence-electron chi connectivity index (χ4n) is 4.37. The number of amides is 2. The molecule has 0 fully saturated rings. The van der Waals surface area contributed by atoms with Crippen LogP contribution in [0.1, 0.15) is 24.0 Å². The lowest BCUT2D eigenvalue weighted by Crippen LogP contribution is -2.49. The standard InChI is InChI=1S/C29H33Cl2N3O5S/c1-32-29(36)26(18-21-10-5-4-6-11-21)33(20-22-15-16-23(30)19-24(22)31)28(35)14-9-17-34(40(3,37)38)25-12-7-8-13-27(25)39-2/h4-8,10-13,15-16,19,26H,9,14,17-18,20H2,1-3H3,(H,32,36)/t26-/m0/s1. The van der Waals surface area contributed by atoms with Gasteiger partial charge in [0, 0.05) is 43.0 Å². The van der Waals surface area contributed by atoms with Crippen LogP contribution in [0.5, 0.6) is 5.75 Å².